The van der Waals surface area contributed by atoms with Gasteiger partial charge >= 0.3 is 0 Å². The first-order chi connectivity index (χ1) is 13.8. The highest BCUT2D eigenvalue weighted by atomic mass is 127. The van der Waals surface area contributed by atoms with Gasteiger partial charge in [0.05, 0.1) is 18.0 Å². The predicted octanol–water partition coefficient (Wildman–Crippen LogP) is 2.72. The Balaban J connectivity index is 0.00000320. The van der Waals surface area contributed by atoms with Crippen molar-refractivity contribution in [3.8, 4) is 0 Å². The lowest BCUT2D eigenvalue weighted by Crippen LogP contribution is -2.48. The molecule has 1 aliphatic rings. The molecule has 1 saturated heterocycles. The minimum Gasteiger partial charge on any atom is -0.370 e. The lowest BCUT2D eigenvalue weighted by atomic mass is 10.00. The second kappa shape index (κ2) is 10.6. The van der Waals surface area contributed by atoms with Gasteiger partial charge in [0.15, 0.2) is 5.96 Å². The summed E-state index contributed by atoms with van der Waals surface area (Å²) in [5.74, 6) is 0.790. The number of sulfonamides is 1. The Morgan fingerprint density at radius 1 is 1.23 bits per heavy atom. The van der Waals surface area contributed by atoms with Crippen LogP contribution < -0.4 is 10.5 Å². The van der Waals surface area contributed by atoms with Gasteiger partial charge in [0.2, 0.25) is 10.0 Å². The van der Waals surface area contributed by atoms with E-state index in [0.29, 0.717) is 19.7 Å². The van der Waals surface area contributed by atoms with Crippen LogP contribution in [0.4, 0.5) is 0 Å². The molecule has 30 heavy (non-hydrogen) atoms. The first kappa shape index (κ1) is 24.6. The van der Waals surface area contributed by atoms with Gasteiger partial charge in [-0.15, -0.1) is 24.0 Å². The van der Waals surface area contributed by atoms with Crippen LogP contribution in [0.25, 0.3) is 0 Å². The minimum absolute atomic E-state index is 0. The van der Waals surface area contributed by atoms with Gasteiger partial charge in [0.1, 0.15) is 6.10 Å². The predicted molar refractivity (Wildman–Crippen MR) is 130 cm³/mol. The standard InChI is InChI=1S/C21H28N4O3S.HI/c1-15-4-9-19(16(2)12-15)20-14-25(10-11-28-20)21(23-3)24-13-17-5-7-18(8-6-17)29(22,26)27;/h4-9,12,20H,10-11,13-14H2,1-3H3,(H,23,24)(H2,22,26,27);1H. The summed E-state index contributed by atoms with van der Waals surface area (Å²) in [5.41, 5.74) is 4.62. The van der Waals surface area contributed by atoms with Crippen molar-refractivity contribution in [1.29, 1.82) is 0 Å². The first-order valence-electron chi connectivity index (χ1n) is 9.54. The van der Waals surface area contributed by atoms with Gasteiger partial charge in [0.25, 0.3) is 0 Å². The number of hydrogen-bond acceptors (Lipinski definition) is 4. The zero-order valence-corrected chi connectivity index (χ0v) is 20.6. The lowest BCUT2D eigenvalue weighted by Gasteiger charge is -2.36. The molecule has 0 aliphatic carbocycles. The fraction of sp³-hybridized carbons (Fsp3) is 0.381. The van der Waals surface area contributed by atoms with Crippen LogP contribution in [0.3, 0.4) is 0 Å². The van der Waals surface area contributed by atoms with Crippen LogP contribution in [0.1, 0.15) is 28.4 Å². The Hall–Kier alpha value is -1.69. The van der Waals surface area contributed by atoms with E-state index in [1.165, 1.54) is 28.8 Å². The van der Waals surface area contributed by atoms with Crippen molar-refractivity contribution in [2.24, 2.45) is 10.1 Å². The summed E-state index contributed by atoms with van der Waals surface area (Å²) in [7, 11) is -1.92. The molecule has 1 atom stereocenters. The van der Waals surface area contributed by atoms with Gasteiger partial charge in [-0.1, -0.05) is 35.9 Å². The Bertz CT molecular complexity index is 994. The molecule has 0 aromatic heterocycles. The maximum Gasteiger partial charge on any atom is 0.238 e. The molecule has 2 aromatic carbocycles. The van der Waals surface area contributed by atoms with Gasteiger partial charge in [-0.3, -0.25) is 4.99 Å². The summed E-state index contributed by atoms with van der Waals surface area (Å²) in [4.78, 5) is 6.70. The van der Waals surface area contributed by atoms with Crippen molar-refractivity contribution in [3.63, 3.8) is 0 Å². The van der Waals surface area contributed by atoms with Crippen LogP contribution in [0, 0.1) is 13.8 Å². The molecule has 1 unspecified atom stereocenters. The quantitative estimate of drug-likeness (QED) is 0.351. The van der Waals surface area contributed by atoms with Gasteiger partial charge < -0.3 is 15.0 Å². The molecule has 3 rings (SSSR count). The molecule has 1 aliphatic heterocycles. The first-order valence-corrected chi connectivity index (χ1v) is 11.1. The number of morpholine rings is 1. The molecule has 1 fully saturated rings. The molecule has 0 radical (unpaired) electrons. The lowest BCUT2D eigenvalue weighted by molar-refractivity contribution is -0.00834. The Morgan fingerprint density at radius 2 is 1.93 bits per heavy atom. The Morgan fingerprint density at radius 3 is 2.53 bits per heavy atom. The molecule has 164 valence electrons. The summed E-state index contributed by atoms with van der Waals surface area (Å²) < 4.78 is 28.8. The average Bonchev–Trinajstić information content (AvgIpc) is 2.68. The number of rotatable bonds is 4. The summed E-state index contributed by atoms with van der Waals surface area (Å²) in [5, 5.41) is 8.50. The number of guanidine groups is 1. The smallest absolute Gasteiger partial charge is 0.238 e. The van der Waals surface area contributed by atoms with Gasteiger partial charge in [-0.05, 0) is 42.7 Å². The van der Waals surface area contributed by atoms with E-state index < -0.39 is 10.0 Å². The highest BCUT2D eigenvalue weighted by molar-refractivity contribution is 14.0. The molecular weight excluding hydrogens is 515 g/mol. The van der Waals surface area contributed by atoms with Crippen LogP contribution in [0.15, 0.2) is 52.4 Å². The van der Waals surface area contributed by atoms with E-state index in [9.17, 15) is 8.42 Å². The number of nitrogens with two attached hydrogens (primary N) is 1. The summed E-state index contributed by atoms with van der Waals surface area (Å²) in [6, 6.07) is 13.0. The van der Waals surface area contributed by atoms with E-state index in [-0.39, 0.29) is 35.0 Å². The maximum absolute atomic E-state index is 11.4. The zero-order valence-electron chi connectivity index (χ0n) is 17.5. The van der Waals surface area contributed by atoms with E-state index in [0.717, 1.165) is 18.1 Å². The number of hydrogen-bond donors (Lipinski definition) is 2. The number of halogens is 1. The Kier molecular flexibility index (Phi) is 8.65. The molecule has 0 bridgehead atoms. The topological polar surface area (TPSA) is 97.0 Å². The van der Waals surface area contributed by atoms with Crippen molar-refractivity contribution >= 4 is 40.0 Å². The van der Waals surface area contributed by atoms with Crippen molar-refractivity contribution in [2.75, 3.05) is 26.7 Å². The number of benzene rings is 2. The van der Waals surface area contributed by atoms with Gasteiger partial charge in [-0.25, -0.2) is 13.6 Å². The van der Waals surface area contributed by atoms with Crippen LogP contribution in [0.5, 0.6) is 0 Å². The number of ether oxygens (including phenoxy) is 1. The number of aryl methyl sites for hydroxylation is 2. The molecule has 0 amide bonds. The fourth-order valence-corrected chi connectivity index (χ4v) is 4.04. The second-order valence-electron chi connectivity index (χ2n) is 7.26. The minimum atomic E-state index is -3.68. The van der Waals surface area contributed by atoms with Crippen LogP contribution in [0.2, 0.25) is 0 Å². The average molecular weight is 544 g/mol. The number of nitrogens with zero attached hydrogens (tertiary/aromatic N) is 2. The zero-order chi connectivity index (χ0) is 21.0. The van der Waals surface area contributed by atoms with Crippen molar-refractivity contribution in [3.05, 3.63) is 64.7 Å². The summed E-state index contributed by atoms with van der Waals surface area (Å²) in [6.45, 7) is 6.83. The highest BCUT2D eigenvalue weighted by Gasteiger charge is 2.25. The van der Waals surface area contributed by atoms with Crippen molar-refractivity contribution < 1.29 is 13.2 Å². The third-order valence-electron chi connectivity index (χ3n) is 5.05. The molecule has 7 nitrogen and oxygen atoms in total. The molecule has 0 saturated carbocycles. The van der Waals surface area contributed by atoms with E-state index in [1.807, 2.05) is 0 Å². The second-order valence-corrected chi connectivity index (χ2v) is 8.82. The molecule has 3 N–H and O–H groups in total. The van der Waals surface area contributed by atoms with Gasteiger partial charge in [-0.2, -0.15) is 0 Å². The van der Waals surface area contributed by atoms with E-state index in [2.05, 4.69) is 47.3 Å². The van der Waals surface area contributed by atoms with Crippen molar-refractivity contribution in [1.82, 2.24) is 10.2 Å². The third-order valence-corrected chi connectivity index (χ3v) is 5.98. The molecular formula is C21H29IN4O3S. The largest absolute Gasteiger partial charge is 0.370 e. The molecule has 0 spiro atoms. The van der Waals surface area contributed by atoms with Crippen LogP contribution >= 0.6 is 24.0 Å². The SMILES string of the molecule is CN=C(NCc1ccc(S(N)(=O)=O)cc1)N1CCOC(c2ccc(C)cc2C)C1.I. The molecule has 1 heterocycles. The van der Waals surface area contributed by atoms with Gasteiger partial charge in [0, 0.05) is 20.1 Å². The van der Waals surface area contributed by atoms with Crippen LogP contribution in [-0.2, 0) is 21.3 Å². The number of nitrogens with one attached hydrogen (secondary N) is 1. The normalized spacial score (nSPS) is 17.4. The number of aliphatic imine (C=N–C) groups is 1. The van der Waals surface area contributed by atoms with Crippen LogP contribution in [-0.4, -0.2) is 46.0 Å². The molecule has 2 aromatic rings. The summed E-state index contributed by atoms with van der Waals surface area (Å²) in [6.07, 6.45) is -0.00283. The highest BCUT2D eigenvalue weighted by Crippen LogP contribution is 2.26. The number of primary sulfonamides is 1. The monoisotopic (exact) mass is 544 g/mol. The maximum atomic E-state index is 11.4. The van der Waals surface area contributed by atoms with E-state index in [1.54, 1.807) is 19.2 Å². The van der Waals surface area contributed by atoms with Crippen molar-refractivity contribution in [2.45, 2.75) is 31.4 Å². The Labute approximate surface area is 195 Å². The summed E-state index contributed by atoms with van der Waals surface area (Å²) >= 11 is 0. The van der Waals surface area contributed by atoms with E-state index in [4.69, 9.17) is 9.88 Å². The fourth-order valence-electron chi connectivity index (χ4n) is 3.53. The van der Waals surface area contributed by atoms with E-state index >= 15 is 0 Å². The molecule has 9 heteroatoms. The third kappa shape index (κ3) is 6.16.